The van der Waals surface area contributed by atoms with Gasteiger partial charge in [-0.25, -0.2) is 9.59 Å². The van der Waals surface area contributed by atoms with Gasteiger partial charge in [0.05, 0.1) is 24.3 Å². The highest BCUT2D eigenvalue weighted by atomic mass is 16.6. The van der Waals surface area contributed by atoms with Gasteiger partial charge in [0.1, 0.15) is 6.61 Å². The molecule has 5 nitrogen and oxygen atoms in total. The molecular formula is C20H30O5. The molecule has 0 N–H and O–H groups in total. The van der Waals surface area contributed by atoms with Crippen molar-refractivity contribution in [3.8, 4) is 0 Å². The third kappa shape index (κ3) is 8.68. The van der Waals surface area contributed by atoms with Gasteiger partial charge in [-0.1, -0.05) is 57.6 Å². The standard InChI is InChI=1S/C20H30O5/c1-3-4-5-6-7-8-11-14-24-19(21)17-12-9-10-13-18(17)20(22)25-16-15-23-2/h9-10,12-13H,3-8,11,14-16H2,1-2H3. The Morgan fingerprint density at radius 1 is 0.760 bits per heavy atom. The second-order valence-electron chi connectivity index (χ2n) is 5.93. The van der Waals surface area contributed by atoms with Crippen LogP contribution in [0.2, 0.25) is 0 Å². The largest absolute Gasteiger partial charge is 0.462 e. The van der Waals surface area contributed by atoms with Gasteiger partial charge in [0.2, 0.25) is 0 Å². The first kappa shape index (κ1) is 21.2. The number of ether oxygens (including phenoxy) is 3. The Morgan fingerprint density at radius 2 is 1.28 bits per heavy atom. The molecule has 1 aromatic carbocycles. The van der Waals surface area contributed by atoms with E-state index in [9.17, 15) is 9.59 Å². The first-order chi connectivity index (χ1) is 12.2. The second-order valence-corrected chi connectivity index (χ2v) is 5.93. The third-order valence-corrected chi connectivity index (χ3v) is 3.87. The molecule has 0 amide bonds. The van der Waals surface area contributed by atoms with Gasteiger partial charge < -0.3 is 14.2 Å². The highest BCUT2D eigenvalue weighted by molar-refractivity contribution is 6.03. The van der Waals surface area contributed by atoms with E-state index < -0.39 is 11.9 Å². The Morgan fingerprint density at radius 3 is 1.84 bits per heavy atom. The van der Waals surface area contributed by atoms with Crippen molar-refractivity contribution in [2.75, 3.05) is 26.9 Å². The number of methoxy groups -OCH3 is 1. The maximum Gasteiger partial charge on any atom is 0.339 e. The summed E-state index contributed by atoms with van der Waals surface area (Å²) in [7, 11) is 1.53. The molecule has 1 aromatic rings. The molecule has 0 bridgehead atoms. The van der Waals surface area contributed by atoms with Gasteiger partial charge in [-0.3, -0.25) is 0 Å². The van der Waals surface area contributed by atoms with Gasteiger partial charge in [-0.2, -0.15) is 0 Å². The van der Waals surface area contributed by atoms with Gasteiger partial charge in [0.15, 0.2) is 0 Å². The summed E-state index contributed by atoms with van der Waals surface area (Å²) >= 11 is 0. The molecule has 0 radical (unpaired) electrons. The van der Waals surface area contributed by atoms with Crippen LogP contribution in [0.5, 0.6) is 0 Å². The predicted molar refractivity (Wildman–Crippen MR) is 96.9 cm³/mol. The van der Waals surface area contributed by atoms with Crippen LogP contribution in [0.3, 0.4) is 0 Å². The molecule has 0 unspecified atom stereocenters. The predicted octanol–water partition coefficient (Wildman–Crippen LogP) is 4.40. The molecular weight excluding hydrogens is 320 g/mol. The number of carbonyl (C=O) groups is 2. The Bertz CT molecular complexity index is 513. The molecule has 140 valence electrons. The van der Waals surface area contributed by atoms with Crippen molar-refractivity contribution >= 4 is 11.9 Å². The van der Waals surface area contributed by atoms with Crippen LogP contribution in [0.4, 0.5) is 0 Å². The number of benzene rings is 1. The van der Waals surface area contributed by atoms with E-state index in [1.54, 1.807) is 24.3 Å². The lowest BCUT2D eigenvalue weighted by molar-refractivity contribution is 0.0372. The molecule has 0 atom stereocenters. The van der Waals surface area contributed by atoms with Crippen LogP contribution in [-0.4, -0.2) is 38.9 Å². The zero-order chi connectivity index (χ0) is 18.3. The van der Waals surface area contributed by atoms with Crippen molar-refractivity contribution in [1.29, 1.82) is 0 Å². The first-order valence-corrected chi connectivity index (χ1v) is 9.13. The monoisotopic (exact) mass is 350 g/mol. The van der Waals surface area contributed by atoms with Crippen molar-refractivity contribution in [3.63, 3.8) is 0 Å². The lowest BCUT2D eigenvalue weighted by Gasteiger charge is -2.09. The number of rotatable bonds is 13. The van der Waals surface area contributed by atoms with Gasteiger partial charge in [0.25, 0.3) is 0 Å². The zero-order valence-corrected chi connectivity index (χ0v) is 15.4. The maximum atomic E-state index is 12.2. The Balaban J connectivity index is 2.38. The van der Waals surface area contributed by atoms with Crippen LogP contribution in [0.25, 0.3) is 0 Å². The van der Waals surface area contributed by atoms with Gasteiger partial charge >= 0.3 is 11.9 Å². The fraction of sp³-hybridized carbons (Fsp3) is 0.600. The van der Waals surface area contributed by atoms with E-state index in [0.717, 1.165) is 12.8 Å². The highest BCUT2D eigenvalue weighted by Crippen LogP contribution is 2.13. The molecule has 1 rings (SSSR count). The van der Waals surface area contributed by atoms with E-state index >= 15 is 0 Å². The minimum absolute atomic E-state index is 0.150. The summed E-state index contributed by atoms with van der Waals surface area (Å²) < 4.78 is 15.2. The average molecular weight is 350 g/mol. The minimum atomic E-state index is -0.541. The van der Waals surface area contributed by atoms with E-state index in [4.69, 9.17) is 14.2 Å². The Kier molecular flexibility index (Phi) is 11.4. The molecule has 0 saturated heterocycles. The fourth-order valence-corrected chi connectivity index (χ4v) is 2.44. The molecule has 0 saturated carbocycles. The van der Waals surface area contributed by atoms with Crippen molar-refractivity contribution in [1.82, 2.24) is 0 Å². The highest BCUT2D eigenvalue weighted by Gasteiger charge is 2.18. The topological polar surface area (TPSA) is 61.8 Å². The molecule has 0 aliphatic heterocycles. The molecule has 0 spiro atoms. The number of hydrogen-bond acceptors (Lipinski definition) is 5. The summed E-state index contributed by atoms with van der Waals surface area (Å²) in [6, 6.07) is 6.55. The maximum absolute atomic E-state index is 12.2. The Labute approximate surface area is 150 Å². The lowest BCUT2D eigenvalue weighted by atomic mass is 10.1. The van der Waals surface area contributed by atoms with Crippen LogP contribution < -0.4 is 0 Å². The molecule has 0 heterocycles. The van der Waals surface area contributed by atoms with Crippen LogP contribution >= 0.6 is 0 Å². The van der Waals surface area contributed by atoms with Crippen molar-refractivity contribution in [2.45, 2.75) is 51.9 Å². The summed E-state index contributed by atoms with van der Waals surface area (Å²) in [5, 5.41) is 0. The summed E-state index contributed by atoms with van der Waals surface area (Å²) in [6.07, 6.45) is 8.10. The molecule has 25 heavy (non-hydrogen) atoms. The first-order valence-electron chi connectivity index (χ1n) is 9.13. The van der Waals surface area contributed by atoms with Crippen molar-refractivity contribution in [3.05, 3.63) is 35.4 Å². The summed E-state index contributed by atoms with van der Waals surface area (Å²) in [5.41, 5.74) is 0.469. The smallest absolute Gasteiger partial charge is 0.339 e. The van der Waals surface area contributed by atoms with Crippen LogP contribution in [0.15, 0.2) is 24.3 Å². The van der Waals surface area contributed by atoms with Crippen molar-refractivity contribution < 1.29 is 23.8 Å². The van der Waals surface area contributed by atoms with Crippen LogP contribution in [0, 0.1) is 0 Å². The van der Waals surface area contributed by atoms with Gasteiger partial charge in [0, 0.05) is 7.11 Å². The van der Waals surface area contributed by atoms with E-state index in [2.05, 4.69) is 6.92 Å². The van der Waals surface area contributed by atoms with Crippen LogP contribution in [0.1, 0.15) is 72.6 Å². The zero-order valence-electron chi connectivity index (χ0n) is 15.4. The van der Waals surface area contributed by atoms with Gasteiger partial charge in [-0.05, 0) is 18.6 Å². The minimum Gasteiger partial charge on any atom is -0.462 e. The summed E-state index contributed by atoms with van der Waals surface area (Å²) in [4.78, 5) is 24.3. The molecule has 0 aliphatic carbocycles. The van der Waals surface area contributed by atoms with Crippen LogP contribution in [-0.2, 0) is 14.2 Å². The fourth-order valence-electron chi connectivity index (χ4n) is 2.44. The molecule has 5 heteroatoms. The molecule has 0 aromatic heterocycles. The van der Waals surface area contributed by atoms with E-state index in [0.29, 0.717) is 13.2 Å². The summed E-state index contributed by atoms with van der Waals surface area (Å²) in [6.45, 7) is 3.04. The second kappa shape index (κ2) is 13.4. The van der Waals surface area contributed by atoms with E-state index in [1.807, 2.05) is 0 Å². The number of esters is 2. The summed E-state index contributed by atoms with van der Waals surface area (Å²) in [5.74, 6) is -1.02. The van der Waals surface area contributed by atoms with E-state index in [-0.39, 0.29) is 17.7 Å². The lowest BCUT2D eigenvalue weighted by Crippen LogP contribution is -2.16. The average Bonchev–Trinajstić information content (AvgIpc) is 2.64. The third-order valence-electron chi connectivity index (χ3n) is 3.87. The van der Waals surface area contributed by atoms with Gasteiger partial charge in [-0.15, -0.1) is 0 Å². The number of hydrogen-bond donors (Lipinski definition) is 0. The SMILES string of the molecule is CCCCCCCCCOC(=O)c1ccccc1C(=O)OCCOC. The Hall–Kier alpha value is -1.88. The quantitative estimate of drug-likeness (QED) is 0.390. The normalized spacial score (nSPS) is 10.5. The number of unbranched alkanes of at least 4 members (excludes halogenated alkanes) is 6. The molecule has 0 fully saturated rings. The number of carbonyl (C=O) groups excluding carboxylic acids is 2. The van der Waals surface area contributed by atoms with E-state index in [1.165, 1.54) is 39.2 Å². The molecule has 0 aliphatic rings. The van der Waals surface area contributed by atoms with Crippen molar-refractivity contribution in [2.24, 2.45) is 0 Å².